The molecule has 1 heterocycles. The van der Waals surface area contributed by atoms with E-state index in [1.54, 1.807) is 7.11 Å². The van der Waals surface area contributed by atoms with Gasteiger partial charge < -0.3 is 9.47 Å². The SMILES string of the molecule is COc1ccc2c(c1)C(=O)C(N1CCN(CCOc3ccc(C)c(C)c3)CC1)C2. The average Bonchev–Trinajstić information content (AvgIpc) is 3.07. The fourth-order valence-corrected chi connectivity index (χ4v) is 4.26. The number of hydrogen-bond donors (Lipinski definition) is 0. The molecule has 0 bridgehead atoms. The summed E-state index contributed by atoms with van der Waals surface area (Å²) in [5.41, 5.74) is 4.52. The Morgan fingerprint density at radius 2 is 1.72 bits per heavy atom. The number of ketones is 1. The van der Waals surface area contributed by atoms with Gasteiger partial charge in [0, 0.05) is 38.3 Å². The Hall–Kier alpha value is -2.37. The van der Waals surface area contributed by atoms with Crippen LogP contribution in [0.3, 0.4) is 0 Å². The van der Waals surface area contributed by atoms with Gasteiger partial charge in [-0.05, 0) is 61.2 Å². The smallest absolute Gasteiger partial charge is 0.180 e. The summed E-state index contributed by atoms with van der Waals surface area (Å²) < 4.78 is 11.2. The van der Waals surface area contributed by atoms with Crippen LogP contribution in [0.5, 0.6) is 11.5 Å². The van der Waals surface area contributed by atoms with Gasteiger partial charge in [-0.3, -0.25) is 14.6 Å². The maximum atomic E-state index is 12.9. The molecule has 154 valence electrons. The van der Waals surface area contributed by atoms with Crippen LogP contribution in [0.2, 0.25) is 0 Å². The Kier molecular flexibility index (Phi) is 5.88. The Morgan fingerprint density at radius 3 is 2.45 bits per heavy atom. The molecule has 0 radical (unpaired) electrons. The standard InChI is InChI=1S/C24H30N2O3/c1-17-4-6-21(14-18(17)2)29-13-12-25-8-10-26(11-9-25)23-15-19-5-7-20(28-3)16-22(19)24(23)27/h4-7,14,16,23H,8-13,15H2,1-3H3. The Morgan fingerprint density at radius 1 is 0.966 bits per heavy atom. The zero-order chi connectivity index (χ0) is 20.4. The fourth-order valence-electron chi connectivity index (χ4n) is 4.26. The first kappa shape index (κ1) is 19.9. The molecule has 1 atom stereocenters. The number of rotatable bonds is 6. The van der Waals surface area contributed by atoms with E-state index in [2.05, 4.69) is 35.8 Å². The topological polar surface area (TPSA) is 42.0 Å². The lowest BCUT2D eigenvalue weighted by molar-refractivity contribution is 0.0667. The molecule has 2 aromatic carbocycles. The number of fused-ring (bicyclic) bond motifs is 1. The van der Waals surface area contributed by atoms with Gasteiger partial charge in [-0.2, -0.15) is 0 Å². The van der Waals surface area contributed by atoms with Gasteiger partial charge in [0.05, 0.1) is 13.2 Å². The van der Waals surface area contributed by atoms with Crippen LogP contribution in [0.1, 0.15) is 27.0 Å². The molecule has 0 saturated carbocycles. The number of ether oxygens (including phenoxy) is 2. The van der Waals surface area contributed by atoms with Crippen LogP contribution < -0.4 is 9.47 Å². The molecule has 5 nitrogen and oxygen atoms in total. The van der Waals surface area contributed by atoms with Crippen molar-refractivity contribution < 1.29 is 14.3 Å². The number of carbonyl (C=O) groups excluding carboxylic acids is 1. The first-order valence-electron chi connectivity index (χ1n) is 10.4. The number of Topliss-reactive ketones (excluding diaryl/α,β-unsaturated/α-hetero) is 1. The summed E-state index contributed by atoms with van der Waals surface area (Å²) in [7, 11) is 1.64. The van der Waals surface area contributed by atoms with Crippen LogP contribution in [0.4, 0.5) is 0 Å². The highest BCUT2D eigenvalue weighted by Gasteiger charge is 2.36. The van der Waals surface area contributed by atoms with Crippen LogP contribution in [0, 0.1) is 13.8 Å². The predicted molar refractivity (Wildman–Crippen MR) is 114 cm³/mol. The molecule has 1 fully saturated rings. The maximum Gasteiger partial charge on any atom is 0.180 e. The molecule has 1 saturated heterocycles. The zero-order valence-corrected chi connectivity index (χ0v) is 17.6. The Bertz CT molecular complexity index is 888. The Labute approximate surface area is 173 Å². The largest absolute Gasteiger partial charge is 0.497 e. The van der Waals surface area contributed by atoms with Crippen molar-refractivity contribution >= 4 is 5.78 Å². The van der Waals surface area contributed by atoms with Gasteiger partial charge in [-0.15, -0.1) is 0 Å². The van der Waals surface area contributed by atoms with Gasteiger partial charge in [0.15, 0.2) is 5.78 Å². The molecule has 2 aromatic rings. The summed E-state index contributed by atoms with van der Waals surface area (Å²) in [4.78, 5) is 17.7. The summed E-state index contributed by atoms with van der Waals surface area (Å²) in [5, 5.41) is 0. The second-order valence-corrected chi connectivity index (χ2v) is 8.08. The summed E-state index contributed by atoms with van der Waals surface area (Å²) in [6.07, 6.45) is 0.814. The molecule has 0 aromatic heterocycles. The van der Waals surface area contributed by atoms with E-state index < -0.39 is 0 Å². The first-order chi connectivity index (χ1) is 14.0. The lowest BCUT2D eigenvalue weighted by Gasteiger charge is -2.37. The van der Waals surface area contributed by atoms with Crippen LogP contribution in [0.25, 0.3) is 0 Å². The molecule has 0 spiro atoms. The second-order valence-electron chi connectivity index (χ2n) is 8.08. The third-order valence-electron chi connectivity index (χ3n) is 6.30. The van der Waals surface area contributed by atoms with E-state index in [0.717, 1.165) is 61.8 Å². The van der Waals surface area contributed by atoms with Crippen molar-refractivity contribution in [2.24, 2.45) is 0 Å². The summed E-state index contributed by atoms with van der Waals surface area (Å²) in [5.74, 6) is 1.94. The summed E-state index contributed by atoms with van der Waals surface area (Å²) in [6.45, 7) is 9.62. The highest BCUT2D eigenvalue weighted by molar-refractivity contribution is 6.04. The molecular weight excluding hydrogens is 364 g/mol. The van der Waals surface area contributed by atoms with Crippen molar-refractivity contribution in [2.75, 3.05) is 46.4 Å². The van der Waals surface area contributed by atoms with E-state index in [4.69, 9.17) is 9.47 Å². The number of aryl methyl sites for hydroxylation is 2. The zero-order valence-electron chi connectivity index (χ0n) is 17.6. The number of nitrogens with zero attached hydrogens (tertiary/aromatic N) is 2. The van der Waals surface area contributed by atoms with Gasteiger partial charge in [0.2, 0.25) is 0 Å². The fraction of sp³-hybridized carbons (Fsp3) is 0.458. The minimum atomic E-state index is -0.0222. The van der Waals surface area contributed by atoms with Crippen LogP contribution >= 0.6 is 0 Å². The van der Waals surface area contributed by atoms with Crippen molar-refractivity contribution in [2.45, 2.75) is 26.3 Å². The number of carbonyl (C=O) groups is 1. The van der Waals surface area contributed by atoms with Gasteiger partial charge in [-0.25, -0.2) is 0 Å². The van der Waals surface area contributed by atoms with Crippen molar-refractivity contribution in [1.29, 1.82) is 0 Å². The molecular formula is C24H30N2O3. The lowest BCUT2D eigenvalue weighted by atomic mass is 10.1. The summed E-state index contributed by atoms with van der Waals surface area (Å²) >= 11 is 0. The molecule has 2 aliphatic rings. The van der Waals surface area contributed by atoms with Gasteiger partial charge in [0.25, 0.3) is 0 Å². The van der Waals surface area contributed by atoms with E-state index in [1.165, 1.54) is 11.1 Å². The molecule has 0 N–H and O–H groups in total. The average molecular weight is 395 g/mol. The van der Waals surface area contributed by atoms with Crippen molar-refractivity contribution in [3.05, 3.63) is 58.7 Å². The van der Waals surface area contributed by atoms with Gasteiger partial charge >= 0.3 is 0 Å². The third kappa shape index (κ3) is 4.31. The maximum absolute atomic E-state index is 12.9. The molecule has 1 unspecified atom stereocenters. The quantitative estimate of drug-likeness (QED) is 0.753. The van der Waals surface area contributed by atoms with Gasteiger partial charge in [0.1, 0.15) is 18.1 Å². The Balaban J connectivity index is 1.25. The van der Waals surface area contributed by atoms with Crippen LogP contribution in [-0.2, 0) is 6.42 Å². The van der Waals surface area contributed by atoms with E-state index in [-0.39, 0.29) is 11.8 Å². The van der Waals surface area contributed by atoms with E-state index in [1.807, 2.05) is 24.3 Å². The van der Waals surface area contributed by atoms with Crippen molar-refractivity contribution in [3.63, 3.8) is 0 Å². The first-order valence-corrected chi connectivity index (χ1v) is 10.4. The molecule has 1 aliphatic carbocycles. The highest BCUT2D eigenvalue weighted by atomic mass is 16.5. The number of methoxy groups -OCH3 is 1. The highest BCUT2D eigenvalue weighted by Crippen LogP contribution is 2.29. The van der Waals surface area contributed by atoms with E-state index in [9.17, 15) is 4.79 Å². The number of hydrogen-bond acceptors (Lipinski definition) is 5. The monoisotopic (exact) mass is 394 g/mol. The van der Waals surface area contributed by atoms with Gasteiger partial charge in [-0.1, -0.05) is 12.1 Å². The predicted octanol–water partition coefficient (Wildman–Crippen LogP) is 3.12. The van der Waals surface area contributed by atoms with Crippen molar-refractivity contribution in [1.82, 2.24) is 9.80 Å². The molecule has 4 rings (SSSR count). The van der Waals surface area contributed by atoms with E-state index >= 15 is 0 Å². The number of piperazine rings is 1. The normalized spacial score (nSPS) is 20.0. The third-order valence-corrected chi connectivity index (χ3v) is 6.30. The number of benzene rings is 2. The minimum absolute atomic E-state index is 0.0222. The molecule has 0 amide bonds. The van der Waals surface area contributed by atoms with E-state index in [0.29, 0.717) is 6.61 Å². The molecule has 1 aliphatic heterocycles. The van der Waals surface area contributed by atoms with Crippen molar-refractivity contribution in [3.8, 4) is 11.5 Å². The van der Waals surface area contributed by atoms with Crippen LogP contribution in [-0.4, -0.2) is 68.1 Å². The minimum Gasteiger partial charge on any atom is -0.497 e. The summed E-state index contributed by atoms with van der Waals surface area (Å²) in [6, 6.07) is 12.1. The lowest BCUT2D eigenvalue weighted by Crippen LogP contribution is -2.52. The molecule has 29 heavy (non-hydrogen) atoms. The molecule has 5 heteroatoms. The second kappa shape index (κ2) is 8.56. The van der Waals surface area contributed by atoms with Crippen LogP contribution in [0.15, 0.2) is 36.4 Å².